The molecule has 0 aliphatic carbocycles. The maximum atomic E-state index is 12.5. The number of ketones is 1. The number of hydrogen-bond donors (Lipinski definition) is 1. The van der Waals surface area contributed by atoms with E-state index in [2.05, 4.69) is 16.0 Å². The highest BCUT2D eigenvalue weighted by molar-refractivity contribution is 7.09. The third-order valence-electron chi connectivity index (χ3n) is 4.45. The number of carbonyl (C=O) groups is 2. The molecular formula is C21H21NO4S. The van der Waals surface area contributed by atoms with Crippen molar-refractivity contribution in [2.45, 2.75) is 26.8 Å². The van der Waals surface area contributed by atoms with Gasteiger partial charge in [-0.25, -0.2) is 4.79 Å². The molecule has 1 N–H and O–H groups in total. The van der Waals surface area contributed by atoms with Crippen LogP contribution in [0.1, 0.15) is 37.0 Å². The number of aromatic nitrogens is 1. The minimum Gasteiger partial charge on any atom is -0.508 e. The molecule has 0 amide bonds. The highest BCUT2D eigenvalue weighted by atomic mass is 32.1. The van der Waals surface area contributed by atoms with Gasteiger partial charge in [0, 0.05) is 28.4 Å². The summed E-state index contributed by atoms with van der Waals surface area (Å²) in [6, 6.07) is 11.8. The van der Waals surface area contributed by atoms with Gasteiger partial charge in [0.2, 0.25) is 5.78 Å². The molecule has 5 nitrogen and oxygen atoms in total. The summed E-state index contributed by atoms with van der Waals surface area (Å²) >= 11 is 1.72. The Morgan fingerprint density at radius 2 is 1.96 bits per heavy atom. The summed E-state index contributed by atoms with van der Waals surface area (Å²) in [5, 5.41) is 11.5. The van der Waals surface area contributed by atoms with Crippen LogP contribution in [0, 0.1) is 13.8 Å². The first kappa shape index (κ1) is 18.9. The molecule has 6 heteroatoms. The Balaban J connectivity index is 1.64. The topological polar surface area (TPSA) is 68.5 Å². The quantitative estimate of drug-likeness (QED) is 0.491. The van der Waals surface area contributed by atoms with Crippen LogP contribution in [0.15, 0.2) is 47.8 Å². The maximum absolute atomic E-state index is 12.5. The molecule has 140 valence electrons. The van der Waals surface area contributed by atoms with E-state index in [0.29, 0.717) is 5.56 Å². The van der Waals surface area contributed by atoms with E-state index in [1.807, 2.05) is 26.0 Å². The molecule has 0 saturated heterocycles. The molecule has 0 aliphatic rings. The second-order valence-corrected chi connectivity index (χ2v) is 7.35. The molecule has 0 atom stereocenters. The van der Waals surface area contributed by atoms with Gasteiger partial charge in [-0.15, -0.1) is 11.3 Å². The lowest BCUT2D eigenvalue weighted by molar-refractivity contribution is 0.0474. The highest BCUT2D eigenvalue weighted by Gasteiger charge is 2.18. The Morgan fingerprint density at radius 1 is 1.15 bits per heavy atom. The molecule has 0 aliphatic heterocycles. The number of aryl methyl sites for hydroxylation is 2. The predicted octanol–water partition coefficient (Wildman–Crippen LogP) is 4.15. The van der Waals surface area contributed by atoms with Crippen LogP contribution >= 0.6 is 11.3 Å². The average Bonchev–Trinajstić information content (AvgIpc) is 3.26. The maximum Gasteiger partial charge on any atom is 0.338 e. The van der Waals surface area contributed by atoms with Gasteiger partial charge in [-0.05, 0) is 56.0 Å². The van der Waals surface area contributed by atoms with Crippen molar-refractivity contribution in [3.63, 3.8) is 0 Å². The fraction of sp³-hybridized carbons (Fsp3) is 0.238. The lowest BCUT2D eigenvalue weighted by Crippen LogP contribution is -2.15. The summed E-state index contributed by atoms with van der Waals surface area (Å²) in [6.45, 7) is 4.35. The van der Waals surface area contributed by atoms with Crippen LogP contribution < -0.4 is 0 Å². The monoisotopic (exact) mass is 383 g/mol. The molecule has 0 saturated carbocycles. The first-order valence-corrected chi connectivity index (χ1v) is 9.52. The average molecular weight is 383 g/mol. The van der Waals surface area contributed by atoms with Gasteiger partial charge in [0.25, 0.3) is 0 Å². The number of phenolic OH excluding ortho intramolecular Hbond substituents is 1. The number of benzene rings is 1. The van der Waals surface area contributed by atoms with Gasteiger partial charge < -0.3 is 14.4 Å². The molecular weight excluding hydrogens is 362 g/mol. The van der Waals surface area contributed by atoms with Gasteiger partial charge in [-0.3, -0.25) is 4.79 Å². The minimum absolute atomic E-state index is 0.0231. The van der Waals surface area contributed by atoms with E-state index in [1.165, 1.54) is 23.1 Å². The fourth-order valence-corrected chi connectivity index (χ4v) is 3.73. The van der Waals surface area contributed by atoms with E-state index in [4.69, 9.17) is 4.74 Å². The first-order chi connectivity index (χ1) is 13.0. The van der Waals surface area contributed by atoms with Crippen LogP contribution in [0.5, 0.6) is 5.75 Å². The van der Waals surface area contributed by atoms with Crippen molar-refractivity contribution in [2.75, 3.05) is 6.61 Å². The van der Waals surface area contributed by atoms with E-state index in [0.717, 1.165) is 24.4 Å². The SMILES string of the molecule is Cc1cc(C(=O)COC(=O)c2cccc(O)c2)c(C)n1CCc1cccs1. The Morgan fingerprint density at radius 3 is 2.67 bits per heavy atom. The van der Waals surface area contributed by atoms with Crippen molar-refractivity contribution in [3.05, 3.63) is 75.2 Å². The third kappa shape index (κ3) is 4.46. The largest absolute Gasteiger partial charge is 0.508 e. The van der Waals surface area contributed by atoms with Gasteiger partial charge in [-0.2, -0.15) is 0 Å². The molecule has 0 radical (unpaired) electrons. The van der Waals surface area contributed by atoms with Gasteiger partial charge in [-0.1, -0.05) is 12.1 Å². The standard InChI is InChI=1S/C21H21NO4S/c1-14-11-19(15(2)22(14)9-8-18-7-4-10-27-18)20(24)13-26-21(25)16-5-3-6-17(23)12-16/h3-7,10-12,23H,8-9,13H2,1-2H3. The van der Waals surface area contributed by atoms with E-state index in [9.17, 15) is 14.7 Å². The zero-order chi connectivity index (χ0) is 19.4. The van der Waals surface area contributed by atoms with Crippen molar-refractivity contribution in [1.29, 1.82) is 0 Å². The van der Waals surface area contributed by atoms with Gasteiger partial charge >= 0.3 is 5.97 Å². The number of carbonyl (C=O) groups excluding carboxylic acids is 2. The number of ether oxygens (including phenoxy) is 1. The van der Waals surface area contributed by atoms with E-state index >= 15 is 0 Å². The molecule has 3 aromatic rings. The number of rotatable bonds is 7. The highest BCUT2D eigenvalue weighted by Crippen LogP contribution is 2.19. The van der Waals surface area contributed by atoms with Crippen LogP contribution in [0.3, 0.4) is 0 Å². The number of nitrogens with zero attached hydrogens (tertiary/aromatic N) is 1. The molecule has 0 bridgehead atoms. The number of thiophene rings is 1. The smallest absolute Gasteiger partial charge is 0.338 e. The number of esters is 1. The van der Waals surface area contributed by atoms with Crippen molar-refractivity contribution in [2.24, 2.45) is 0 Å². The number of phenols is 1. The molecule has 1 aromatic carbocycles. The molecule has 0 fully saturated rings. The fourth-order valence-electron chi connectivity index (χ4n) is 3.03. The van der Waals surface area contributed by atoms with Gasteiger partial charge in [0.1, 0.15) is 5.75 Å². The summed E-state index contributed by atoms with van der Waals surface area (Å²) in [4.78, 5) is 25.9. The van der Waals surface area contributed by atoms with E-state index < -0.39 is 5.97 Å². The summed E-state index contributed by atoms with van der Waals surface area (Å²) in [5.41, 5.74) is 2.67. The number of aromatic hydroxyl groups is 1. The van der Waals surface area contributed by atoms with Crippen LogP contribution in [0.25, 0.3) is 0 Å². The summed E-state index contributed by atoms with van der Waals surface area (Å²) in [7, 11) is 0. The second-order valence-electron chi connectivity index (χ2n) is 6.32. The zero-order valence-corrected chi connectivity index (χ0v) is 16.1. The van der Waals surface area contributed by atoms with Crippen LogP contribution in [0.4, 0.5) is 0 Å². The number of Topliss-reactive ketones (excluding diaryl/α,β-unsaturated/α-hetero) is 1. The lowest BCUT2D eigenvalue weighted by atomic mass is 10.1. The van der Waals surface area contributed by atoms with E-state index in [1.54, 1.807) is 17.4 Å². The summed E-state index contributed by atoms with van der Waals surface area (Å²) < 4.78 is 7.23. The normalized spacial score (nSPS) is 10.7. The number of hydrogen-bond acceptors (Lipinski definition) is 5. The van der Waals surface area contributed by atoms with Crippen LogP contribution in [-0.4, -0.2) is 28.0 Å². The predicted molar refractivity (Wildman–Crippen MR) is 105 cm³/mol. The van der Waals surface area contributed by atoms with Crippen LogP contribution in [0.2, 0.25) is 0 Å². The van der Waals surface area contributed by atoms with Crippen molar-refractivity contribution >= 4 is 23.1 Å². The Bertz CT molecular complexity index is 957. The summed E-state index contributed by atoms with van der Waals surface area (Å²) in [6.07, 6.45) is 0.911. The summed E-state index contributed by atoms with van der Waals surface area (Å²) in [5.74, 6) is -0.894. The molecule has 0 unspecified atom stereocenters. The van der Waals surface area contributed by atoms with Crippen molar-refractivity contribution in [3.8, 4) is 5.75 Å². The Hall–Kier alpha value is -2.86. The Labute approximate surface area is 161 Å². The van der Waals surface area contributed by atoms with Crippen molar-refractivity contribution in [1.82, 2.24) is 4.57 Å². The van der Waals surface area contributed by atoms with Crippen LogP contribution in [-0.2, 0) is 17.7 Å². The minimum atomic E-state index is -0.634. The molecule has 0 spiro atoms. The zero-order valence-electron chi connectivity index (χ0n) is 15.3. The molecule has 2 heterocycles. The molecule has 27 heavy (non-hydrogen) atoms. The van der Waals surface area contributed by atoms with Gasteiger partial charge in [0.15, 0.2) is 6.61 Å². The lowest BCUT2D eigenvalue weighted by Gasteiger charge is -2.09. The molecule has 2 aromatic heterocycles. The van der Waals surface area contributed by atoms with Crippen molar-refractivity contribution < 1.29 is 19.4 Å². The second kappa shape index (κ2) is 8.22. The van der Waals surface area contributed by atoms with Gasteiger partial charge in [0.05, 0.1) is 5.56 Å². The first-order valence-electron chi connectivity index (χ1n) is 8.64. The molecule has 3 rings (SSSR count). The van der Waals surface area contributed by atoms with E-state index in [-0.39, 0.29) is 23.7 Å². The Kier molecular flexibility index (Phi) is 5.76. The third-order valence-corrected chi connectivity index (χ3v) is 5.39.